The van der Waals surface area contributed by atoms with E-state index in [1.165, 1.54) is 23.1 Å². The van der Waals surface area contributed by atoms with Gasteiger partial charge in [0, 0.05) is 13.1 Å². The lowest BCUT2D eigenvalue weighted by Gasteiger charge is -2.04. The monoisotopic (exact) mass is 277 g/mol. The van der Waals surface area contributed by atoms with E-state index < -0.39 is 5.82 Å². The van der Waals surface area contributed by atoms with E-state index in [-0.39, 0.29) is 5.02 Å². The normalized spacial score (nSPS) is 10.9. The Morgan fingerprint density at radius 3 is 2.89 bits per heavy atom. The van der Waals surface area contributed by atoms with E-state index in [2.05, 4.69) is 20.4 Å². The van der Waals surface area contributed by atoms with Crippen LogP contribution in [0.4, 0.5) is 10.2 Å². The van der Waals surface area contributed by atoms with Gasteiger partial charge >= 0.3 is 0 Å². The Morgan fingerprint density at radius 1 is 1.32 bits per heavy atom. The van der Waals surface area contributed by atoms with Gasteiger partial charge in [-0.1, -0.05) is 11.6 Å². The number of aromatic nitrogens is 4. The van der Waals surface area contributed by atoms with Crippen LogP contribution < -0.4 is 5.32 Å². The molecule has 0 bridgehead atoms. The third-order valence-electron chi connectivity index (χ3n) is 2.75. The number of hydrogen-bond donors (Lipinski definition) is 1. The number of hydrogen-bond acceptors (Lipinski definition) is 4. The number of fused-ring (bicyclic) bond motifs is 1. The van der Waals surface area contributed by atoms with Crippen LogP contribution in [-0.2, 0) is 0 Å². The van der Waals surface area contributed by atoms with Crippen molar-refractivity contribution in [2.75, 3.05) is 12.4 Å². The fourth-order valence-corrected chi connectivity index (χ4v) is 1.97. The van der Waals surface area contributed by atoms with Gasteiger partial charge < -0.3 is 5.32 Å². The van der Waals surface area contributed by atoms with Crippen molar-refractivity contribution in [3.63, 3.8) is 0 Å². The summed E-state index contributed by atoms with van der Waals surface area (Å²) in [4.78, 5) is 8.27. The van der Waals surface area contributed by atoms with Crippen molar-refractivity contribution < 1.29 is 4.39 Å². The van der Waals surface area contributed by atoms with Gasteiger partial charge in [0.05, 0.1) is 22.3 Å². The van der Waals surface area contributed by atoms with Crippen molar-refractivity contribution in [2.45, 2.75) is 0 Å². The minimum absolute atomic E-state index is 0.0748. The van der Waals surface area contributed by atoms with Crippen molar-refractivity contribution in [1.82, 2.24) is 19.7 Å². The molecule has 3 rings (SSSR count). The summed E-state index contributed by atoms with van der Waals surface area (Å²) in [6.45, 7) is 0. The fraction of sp³-hybridized carbons (Fsp3) is 0.0833. The average Bonchev–Trinajstić information content (AvgIpc) is 2.85. The molecular weight excluding hydrogens is 269 g/mol. The van der Waals surface area contributed by atoms with E-state index in [1.807, 2.05) is 0 Å². The van der Waals surface area contributed by atoms with E-state index in [9.17, 15) is 4.39 Å². The van der Waals surface area contributed by atoms with Gasteiger partial charge in [-0.2, -0.15) is 5.10 Å². The maximum absolute atomic E-state index is 13.5. The van der Waals surface area contributed by atoms with E-state index >= 15 is 0 Å². The summed E-state index contributed by atoms with van der Waals surface area (Å²) in [7, 11) is 1.76. The number of halogens is 2. The maximum Gasteiger partial charge on any atom is 0.168 e. The zero-order valence-corrected chi connectivity index (χ0v) is 10.7. The molecule has 2 heterocycles. The number of anilines is 1. The molecule has 5 nitrogen and oxygen atoms in total. The third kappa shape index (κ3) is 1.90. The summed E-state index contributed by atoms with van der Waals surface area (Å²) in [5, 5.41) is 8.00. The van der Waals surface area contributed by atoms with Crippen molar-refractivity contribution in [3.8, 4) is 5.69 Å². The van der Waals surface area contributed by atoms with Crippen LogP contribution in [0.25, 0.3) is 16.7 Å². The smallest absolute Gasteiger partial charge is 0.168 e. The predicted octanol–water partition coefficient (Wildman–Crippen LogP) is 2.65. The van der Waals surface area contributed by atoms with Crippen molar-refractivity contribution in [1.29, 1.82) is 0 Å². The van der Waals surface area contributed by atoms with Gasteiger partial charge in [-0.15, -0.1) is 0 Å². The van der Waals surface area contributed by atoms with Gasteiger partial charge in [0.1, 0.15) is 18.0 Å². The van der Waals surface area contributed by atoms with Crippen LogP contribution in [-0.4, -0.2) is 26.8 Å². The first-order valence-corrected chi connectivity index (χ1v) is 5.90. The summed E-state index contributed by atoms with van der Waals surface area (Å²) < 4.78 is 15.0. The molecule has 0 spiro atoms. The van der Waals surface area contributed by atoms with Crippen LogP contribution in [0.3, 0.4) is 0 Å². The minimum Gasteiger partial charge on any atom is -0.372 e. The highest BCUT2D eigenvalue weighted by atomic mass is 35.5. The molecule has 0 atom stereocenters. The second-order valence-corrected chi connectivity index (χ2v) is 4.27. The number of nitrogens with zero attached hydrogens (tertiary/aromatic N) is 4. The molecule has 0 amide bonds. The molecule has 0 unspecified atom stereocenters. The van der Waals surface area contributed by atoms with Crippen LogP contribution in [0.5, 0.6) is 0 Å². The second kappa shape index (κ2) is 4.47. The Bertz CT molecular complexity index is 755. The maximum atomic E-state index is 13.5. The van der Waals surface area contributed by atoms with Gasteiger partial charge in [-0.25, -0.2) is 19.0 Å². The van der Waals surface area contributed by atoms with Gasteiger partial charge in [-0.05, 0) is 12.1 Å². The summed E-state index contributed by atoms with van der Waals surface area (Å²) >= 11 is 5.67. The largest absolute Gasteiger partial charge is 0.372 e. The minimum atomic E-state index is -0.495. The molecule has 0 saturated heterocycles. The first kappa shape index (κ1) is 11.9. The van der Waals surface area contributed by atoms with E-state index in [0.717, 1.165) is 5.39 Å². The van der Waals surface area contributed by atoms with Crippen LogP contribution in [0.2, 0.25) is 5.02 Å². The summed E-state index contributed by atoms with van der Waals surface area (Å²) in [6, 6.07) is 4.48. The van der Waals surface area contributed by atoms with Crippen LogP contribution in [0, 0.1) is 5.82 Å². The van der Waals surface area contributed by atoms with E-state index in [0.29, 0.717) is 17.2 Å². The highest BCUT2D eigenvalue weighted by molar-refractivity contribution is 6.30. The lowest BCUT2D eigenvalue weighted by Crippen LogP contribution is -1.99. The highest BCUT2D eigenvalue weighted by Gasteiger charge is 2.11. The lowest BCUT2D eigenvalue weighted by molar-refractivity contribution is 0.626. The molecule has 2 aromatic heterocycles. The van der Waals surface area contributed by atoms with Crippen LogP contribution in [0.1, 0.15) is 0 Å². The standard InChI is InChI=1S/C12H9ClFN5/c1-15-11-8-5-18-19(12(8)17-6-16-11)7-2-3-9(13)10(14)4-7/h2-6H,1H3,(H,15,16,17). The molecule has 0 aliphatic heterocycles. The van der Waals surface area contributed by atoms with Crippen LogP contribution >= 0.6 is 11.6 Å². The summed E-state index contributed by atoms with van der Waals surface area (Å²) in [6.07, 6.45) is 3.06. The number of benzene rings is 1. The molecule has 0 fully saturated rings. The quantitative estimate of drug-likeness (QED) is 0.782. The molecule has 1 N–H and O–H groups in total. The Balaban J connectivity index is 2.23. The van der Waals surface area contributed by atoms with Gasteiger partial charge in [0.25, 0.3) is 0 Å². The average molecular weight is 278 g/mol. The molecule has 0 radical (unpaired) electrons. The first-order chi connectivity index (χ1) is 9.20. The lowest BCUT2D eigenvalue weighted by atomic mass is 10.3. The Morgan fingerprint density at radius 2 is 2.16 bits per heavy atom. The van der Waals surface area contributed by atoms with Gasteiger partial charge in [0.15, 0.2) is 5.65 Å². The zero-order chi connectivity index (χ0) is 13.4. The Kier molecular flexibility index (Phi) is 2.79. The Hall–Kier alpha value is -2.21. The number of rotatable bonds is 2. The first-order valence-electron chi connectivity index (χ1n) is 5.52. The predicted molar refractivity (Wildman–Crippen MR) is 71.2 cm³/mol. The molecule has 19 heavy (non-hydrogen) atoms. The molecule has 1 aromatic carbocycles. The van der Waals surface area contributed by atoms with E-state index in [4.69, 9.17) is 11.6 Å². The van der Waals surface area contributed by atoms with Gasteiger partial charge in [-0.3, -0.25) is 0 Å². The molecule has 0 aliphatic carbocycles. The highest BCUT2D eigenvalue weighted by Crippen LogP contribution is 2.23. The summed E-state index contributed by atoms with van der Waals surface area (Å²) in [5.74, 6) is 0.177. The van der Waals surface area contributed by atoms with Crippen LogP contribution in [0.15, 0.2) is 30.7 Å². The SMILES string of the molecule is CNc1ncnc2c1cnn2-c1ccc(Cl)c(F)c1. The van der Waals surface area contributed by atoms with Crippen molar-refractivity contribution in [3.05, 3.63) is 41.6 Å². The van der Waals surface area contributed by atoms with Gasteiger partial charge in [0.2, 0.25) is 0 Å². The van der Waals surface area contributed by atoms with E-state index in [1.54, 1.807) is 19.3 Å². The number of nitrogens with one attached hydrogen (secondary N) is 1. The molecule has 0 saturated carbocycles. The zero-order valence-electron chi connectivity index (χ0n) is 9.93. The summed E-state index contributed by atoms with van der Waals surface area (Å²) in [5.41, 5.74) is 1.15. The van der Waals surface area contributed by atoms with Crippen molar-refractivity contribution >= 4 is 28.5 Å². The molecule has 96 valence electrons. The molecule has 7 heteroatoms. The third-order valence-corrected chi connectivity index (χ3v) is 3.06. The van der Waals surface area contributed by atoms with Crippen molar-refractivity contribution in [2.24, 2.45) is 0 Å². The molecule has 0 aliphatic rings. The Labute approximate surface area is 113 Å². The second-order valence-electron chi connectivity index (χ2n) is 3.86. The topological polar surface area (TPSA) is 55.6 Å². The molecule has 3 aromatic rings. The molecular formula is C12H9ClFN5. The fourth-order valence-electron chi connectivity index (χ4n) is 1.85.